The first-order chi connectivity index (χ1) is 17.2. The summed E-state index contributed by atoms with van der Waals surface area (Å²) in [7, 11) is 1.88. The van der Waals surface area contributed by atoms with Gasteiger partial charge in [-0.15, -0.1) is 0 Å². The maximum absolute atomic E-state index is 13.1. The Kier molecular flexibility index (Phi) is 7.21. The largest absolute Gasteiger partial charge is 0.464 e. The summed E-state index contributed by atoms with van der Waals surface area (Å²) in [6.45, 7) is 2.86. The highest BCUT2D eigenvalue weighted by molar-refractivity contribution is 7.13. The first-order valence-electron chi connectivity index (χ1n) is 12.6. The molecule has 1 aliphatic heterocycles. The zero-order valence-electron chi connectivity index (χ0n) is 20.8. The van der Waals surface area contributed by atoms with Gasteiger partial charge in [-0.1, -0.05) is 35.1 Å². The summed E-state index contributed by atoms with van der Waals surface area (Å²) in [6.07, 6.45) is 9.75. The molecule has 1 unspecified atom stereocenters. The number of Topliss-reactive ketones (excluding diaryl/α,β-unsaturated/α-hetero) is 1. The quantitative estimate of drug-likeness (QED) is 0.266. The van der Waals surface area contributed by atoms with Crippen LogP contribution in [0.25, 0.3) is 10.9 Å². The number of alkyl halides is 2. The second-order valence-electron chi connectivity index (χ2n) is 10.2. The Morgan fingerprint density at radius 3 is 2.94 bits per heavy atom. The van der Waals surface area contributed by atoms with E-state index in [1.54, 1.807) is 4.68 Å². The number of thiazole rings is 1. The van der Waals surface area contributed by atoms with Gasteiger partial charge in [-0.25, -0.2) is 13.8 Å². The molecule has 1 aliphatic carbocycles. The van der Waals surface area contributed by atoms with E-state index >= 15 is 0 Å². The number of allylic oxidation sites excluding steroid dienone is 1. The van der Waals surface area contributed by atoms with E-state index < -0.39 is 12.5 Å². The van der Waals surface area contributed by atoms with E-state index in [0.717, 1.165) is 85.7 Å². The molecule has 1 atom stereocenters. The molecule has 0 bridgehead atoms. The van der Waals surface area contributed by atoms with Gasteiger partial charge in [0.1, 0.15) is 0 Å². The zero-order valence-corrected chi connectivity index (χ0v) is 21.6. The highest BCUT2D eigenvalue weighted by atomic mass is 32.1. The maximum atomic E-state index is 13.1. The van der Waals surface area contributed by atoms with Crippen molar-refractivity contribution in [3.05, 3.63) is 52.2 Å². The number of aromatic nitrogens is 3. The van der Waals surface area contributed by atoms with Crippen LogP contribution >= 0.6 is 11.3 Å². The lowest BCUT2D eigenvalue weighted by atomic mass is 9.84. The predicted molar refractivity (Wildman–Crippen MR) is 137 cm³/mol. The van der Waals surface area contributed by atoms with Crippen LogP contribution in [-0.4, -0.2) is 51.1 Å². The van der Waals surface area contributed by atoms with Gasteiger partial charge in [0.2, 0.25) is 0 Å². The number of halogens is 2. The minimum Gasteiger partial charge on any atom is -0.464 e. The summed E-state index contributed by atoms with van der Waals surface area (Å²) >= 11 is 1.39. The first-order valence-corrected chi connectivity index (χ1v) is 13.4. The Morgan fingerprint density at radius 1 is 1.31 bits per heavy atom. The van der Waals surface area contributed by atoms with Gasteiger partial charge in [0.15, 0.2) is 12.4 Å². The molecule has 0 amide bonds. The number of carbonyl (C=O) groups is 1. The summed E-state index contributed by atoms with van der Waals surface area (Å²) in [5.41, 5.74) is 4.06. The third-order valence-electron chi connectivity index (χ3n) is 7.04. The van der Waals surface area contributed by atoms with E-state index in [1.165, 1.54) is 16.9 Å². The molecule has 9 heteroatoms. The minimum absolute atomic E-state index is 0.203. The van der Waals surface area contributed by atoms with Crippen molar-refractivity contribution in [3.8, 4) is 5.19 Å². The number of hydrogen-bond acceptors (Lipinski definition) is 6. The molecule has 6 nitrogen and oxygen atoms in total. The van der Waals surface area contributed by atoms with E-state index in [4.69, 9.17) is 4.74 Å². The van der Waals surface area contributed by atoms with Crippen molar-refractivity contribution in [2.24, 2.45) is 13.0 Å². The van der Waals surface area contributed by atoms with E-state index in [0.29, 0.717) is 17.5 Å². The fraction of sp³-hybridized carbons (Fsp3) is 0.519. The summed E-state index contributed by atoms with van der Waals surface area (Å²) in [5.74, 6) is -2.27. The standard InChI is InChI=1S/C27H32F2N4O2S/c1-27(28,29)17-35-26-30-23-16-33(13-11-25(23)36-26)12-10-18-6-8-19(9-7-18)14-24(34)20-4-3-5-22-21(20)15-32(2)31-22/h3-6,15,19H,7-14,16-17H2,1-2H3. The van der Waals surface area contributed by atoms with Crippen molar-refractivity contribution in [3.63, 3.8) is 0 Å². The Labute approximate surface area is 214 Å². The molecule has 2 aromatic heterocycles. The topological polar surface area (TPSA) is 60.2 Å². The van der Waals surface area contributed by atoms with Crippen LogP contribution in [0.1, 0.15) is 60.0 Å². The Hall–Kier alpha value is -2.65. The third-order valence-corrected chi connectivity index (χ3v) is 8.11. The molecule has 0 saturated heterocycles. The molecular formula is C27H32F2N4O2S. The van der Waals surface area contributed by atoms with Gasteiger partial charge in [0.05, 0.1) is 11.2 Å². The smallest absolute Gasteiger partial charge is 0.278 e. The SMILES string of the molecule is Cn1cc2c(C(=O)CC3CC=C(CCN4CCc5sc(OCC(C)(F)F)nc5C4)CC3)cccc2n1. The second-order valence-corrected chi connectivity index (χ2v) is 11.2. The van der Waals surface area contributed by atoms with Crippen LogP contribution in [0.4, 0.5) is 8.78 Å². The third kappa shape index (κ3) is 6.00. The molecule has 36 heavy (non-hydrogen) atoms. The monoisotopic (exact) mass is 514 g/mol. The lowest BCUT2D eigenvalue weighted by Crippen LogP contribution is -2.31. The van der Waals surface area contributed by atoms with Crippen molar-refractivity contribution in [2.75, 3.05) is 19.7 Å². The molecule has 0 radical (unpaired) electrons. The number of fused-ring (bicyclic) bond motifs is 2. The molecule has 1 aromatic carbocycles. The van der Waals surface area contributed by atoms with Crippen molar-refractivity contribution in [2.45, 2.75) is 57.9 Å². The summed E-state index contributed by atoms with van der Waals surface area (Å²) < 4.78 is 33.1. The van der Waals surface area contributed by atoms with Gasteiger partial charge < -0.3 is 4.74 Å². The molecule has 3 aromatic rings. The van der Waals surface area contributed by atoms with Gasteiger partial charge >= 0.3 is 0 Å². The highest BCUT2D eigenvalue weighted by Gasteiger charge is 2.26. The normalized spacial score (nSPS) is 18.8. The zero-order chi connectivity index (χ0) is 25.3. The van der Waals surface area contributed by atoms with Crippen LogP contribution in [-0.2, 0) is 20.0 Å². The number of carbonyl (C=O) groups excluding carboxylic acids is 1. The van der Waals surface area contributed by atoms with E-state index in [2.05, 4.69) is 21.1 Å². The number of rotatable bonds is 9. The van der Waals surface area contributed by atoms with Crippen LogP contribution in [0, 0.1) is 5.92 Å². The van der Waals surface area contributed by atoms with Crippen molar-refractivity contribution < 1.29 is 18.3 Å². The Morgan fingerprint density at radius 2 is 2.17 bits per heavy atom. The molecule has 192 valence electrons. The number of benzene rings is 1. The van der Waals surface area contributed by atoms with Crippen LogP contribution in [0.3, 0.4) is 0 Å². The van der Waals surface area contributed by atoms with Crippen molar-refractivity contribution >= 4 is 28.0 Å². The molecular weight excluding hydrogens is 482 g/mol. The second kappa shape index (κ2) is 10.4. The van der Waals surface area contributed by atoms with Crippen LogP contribution in [0.5, 0.6) is 5.19 Å². The maximum Gasteiger partial charge on any atom is 0.278 e. The van der Waals surface area contributed by atoms with Crippen LogP contribution in [0.2, 0.25) is 0 Å². The average Bonchev–Trinajstić information content (AvgIpc) is 3.43. The highest BCUT2D eigenvalue weighted by Crippen LogP contribution is 2.33. The molecule has 2 aliphatic rings. The molecule has 5 rings (SSSR count). The van der Waals surface area contributed by atoms with Gasteiger partial charge in [0, 0.05) is 62.1 Å². The fourth-order valence-electron chi connectivity index (χ4n) is 5.10. The molecule has 3 heterocycles. The summed E-state index contributed by atoms with van der Waals surface area (Å²) in [5, 5.41) is 5.70. The lowest BCUT2D eigenvalue weighted by Gasteiger charge is -2.27. The van der Waals surface area contributed by atoms with Gasteiger partial charge in [-0.05, 0) is 44.1 Å². The van der Waals surface area contributed by atoms with E-state index in [-0.39, 0.29) is 5.78 Å². The van der Waals surface area contributed by atoms with Crippen molar-refractivity contribution in [1.29, 1.82) is 0 Å². The predicted octanol–water partition coefficient (Wildman–Crippen LogP) is 5.81. The van der Waals surface area contributed by atoms with Crippen LogP contribution < -0.4 is 4.74 Å². The molecule has 0 fully saturated rings. The number of hydrogen-bond donors (Lipinski definition) is 0. The number of ketones is 1. The van der Waals surface area contributed by atoms with Gasteiger partial charge in [0.25, 0.3) is 11.1 Å². The number of nitrogens with zero attached hydrogens (tertiary/aromatic N) is 4. The lowest BCUT2D eigenvalue weighted by molar-refractivity contribution is -0.0230. The molecule has 0 N–H and O–H groups in total. The van der Waals surface area contributed by atoms with E-state index in [1.807, 2.05) is 31.4 Å². The Balaban J connectivity index is 1.09. The Bertz CT molecular complexity index is 1280. The van der Waals surface area contributed by atoms with Gasteiger partial charge in [-0.2, -0.15) is 5.10 Å². The first kappa shape index (κ1) is 25.0. The average molecular weight is 515 g/mol. The number of ether oxygens (including phenoxy) is 1. The minimum atomic E-state index is -2.86. The van der Waals surface area contributed by atoms with E-state index in [9.17, 15) is 13.6 Å². The molecule has 0 saturated carbocycles. The fourth-order valence-corrected chi connectivity index (χ4v) is 6.01. The van der Waals surface area contributed by atoms with Crippen molar-refractivity contribution in [1.82, 2.24) is 19.7 Å². The number of aryl methyl sites for hydroxylation is 1. The summed E-state index contributed by atoms with van der Waals surface area (Å²) in [4.78, 5) is 21.0. The summed E-state index contributed by atoms with van der Waals surface area (Å²) in [6, 6.07) is 5.77. The van der Waals surface area contributed by atoms with Crippen LogP contribution in [0.15, 0.2) is 36.0 Å². The molecule has 0 spiro atoms. The van der Waals surface area contributed by atoms with Gasteiger partial charge in [-0.3, -0.25) is 14.4 Å².